The van der Waals surface area contributed by atoms with E-state index in [1.165, 1.54) is 0 Å². The lowest BCUT2D eigenvalue weighted by atomic mass is 9.96. The molecule has 5 rings (SSSR count). The van der Waals surface area contributed by atoms with Gasteiger partial charge in [-0.2, -0.15) is 10.1 Å². The highest BCUT2D eigenvalue weighted by atomic mass is 16.6. The molecule has 9 nitrogen and oxygen atoms in total. The van der Waals surface area contributed by atoms with Gasteiger partial charge in [0.1, 0.15) is 30.2 Å². The van der Waals surface area contributed by atoms with Crippen molar-refractivity contribution >= 4 is 18.1 Å². The van der Waals surface area contributed by atoms with E-state index in [1.54, 1.807) is 63.2 Å². The Morgan fingerprint density at radius 1 is 0.891 bits per heavy atom. The molecule has 0 radical (unpaired) electrons. The minimum atomic E-state index is -1.09. The molecule has 1 aliphatic rings. The predicted octanol–water partition coefficient (Wildman–Crippen LogP) is 7.40. The van der Waals surface area contributed by atoms with Crippen LogP contribution in [0, 0.1) is 11.3 Å². The highest BCUT2D eigenvalue weighted by Crippen LogP contribution is 2.33. The Bertz CT molecular complexity index is 1770. The van der Waals surface area contributed by atoms with Gasteiger partial charge in [-0.1, -0.05) is 60.7 Å². The van der Waals surface area contributed by atoms with Crippen molar-refractivity contribution in [1.82, 2.24) is 5.32 Å². The number of benzene rings is 4. The van der Waals surface area contributed by atoms with Crippen LogP contribution in [0.3, 0.4) is 0 Å². The molecule has 9 heteroatoms. The number of nitrogens with one attached hydrogen (secondary N) is 1. The average Bonchev–Trinajstić information content (AvgIpc) is 3.04. The van der Waals surface area contributed by atoms with E-state index in [-0.39, 0.29) is 19.6 Å². The summed E-state index contributed by atoms with van der Waals surface area (Å²) >= 11 is 0. The quantitative estimate of drug-likeness (QED) is 0.207. The van der Waals surface area contributed by atoms with Gasteiger partial charge in [0.15, 0.2) is 0 Å². The van der Waals surface area contributed by atoms with Gasteiger partial charge >= 0.3 is 18.1 Å². The molecule has 234 valence electrons. The molecule has 2 atom stereocenters. The number of aliphatic carboxylic acids is 1. The van der Waals surface area contributed by atoms with Gasteiger partial charge in [-0.25, -0.2) is 4.79 Å². The summed E-state index contributed by atoms with van der Waals surface area (Å²) in [7, 11) is 0. The van der Waals surface area contributed by atoms with Gasteiger partial charge in [0.25, 0.3) is 0 Å². The molecule has 3 amide bonds. The molecule has 1 heterocycles. The number of rotatable bonds is 7. The van der Waals surface area contributed by atoms with Crippen LogP contribution in [0.2, 0.25) is 0 Å². The van der Waals surface area contributed by atoms with Crippen LogP contribution in [0.15, 0.2) is 97.1 Å². The van der Waals surface area contributed by atoms with Crippen molar-refractivity contribution in [1.29, 1.82) is 5.26 Å². The van der Waals surface area contributed by atoms with E-state index < -0.39 is 34.1 Å². The van der Waals surface area contributed by atoms with Crippen LogP contribution < -0.4 is 10.1 Å². The molecule has 0 saturated carbocycles. The summed E-state index contributed by atoms with van der Waals surface area (Å²) in [5, 5.41) is 21.9. The second kappa shape index (κ2) is 13.3. The van der Waals surface area contributed by atoms with Gasteiger partial charge in [-0.3, -0.25) is 4.79 Å². The second-order valence-electron chi connectivity index (χ2n) is 12.3. The zero-order valence-electron chi connectivity index (χ0n) is 26.0. The van der Waals surface area contributed by atoms with Crippen molar-refractivity contribution in [2.75, 3.05) is 13.1 Å². The Kier molecular flexibility index (Phi) is 9.21. The van der Waals surface area contributed by atoms with Crippen molar-refractivity contribution in [3.63, 3.8) is 0 Å². The normalized spacial score (nSPS) is 16.3. The van der Waals surface area contributed by atoms with Crippen molar-refractivity contribution in [2.45, 2.75) is 45.3 Å². The number of amides is 3. The van der Waals surface area contributed by atoms with Gasteiger partial charge in [-0.15, -0.1) is 4.48 Å². The molecule has 46 heavy (non-hydrogen) atoms. The highest BCUT2D eigenvalue weighted by Gasteiger charge is 2.50. The standard InChI is InChI=1S/C37H35N3O6/c1-37(2,3)46-36(44)40(20-19-28-15-18-32(21-30(28)24-40)45-31-16-9-25(22-38)10-17-31)35(43)39-23-33(34(41)42)29-13-11-27(12-14-29)26-7-5-4-6-8-26/h4-18,21,33H,19-20,23-24H2,1-3H3,(H-,39,41,42,43)/p+1. The number of hydrogen-bond donors (Lipinski definition) is 2. The number of nitriles is 1. The summed E-state index contributed by atoms with van der Waals surface area (Å²) in [6.07, 6.45) is -0.296. The lowest BCUT2D eigenvalue weighted by Crippen LogP contribution is -2.63. The topological polar surface area (TPSA) is 126 Å². The van der Waals surface area contributed by atoms with E-state index in [1.807, 2.05) is 54.6 Å². The number of nitrogens with zero attached hydrogens (tertiary/aromatic N) is 2. The van der Waals surface area contributed by atoms with E-state index in [0.717, 1.165) is 22.3 Å². The molecule has 0 saturated heterocycles. The van der Waals surface area contributed by atoms with Gasteiger partial charge in [-0.05, 0) is 79.4 Å². The number of carboxylic acids is 1. The molecule has 2 N–H and O–H groups in total. The fourth-order valence-corrected chi connectivity index (χ4v) is 5.46. The van der Waals surface area contributed by atoms with E-state index >= 15 is 0 Å². The first-order chi connectivity index (χ1) is 22.0. The molecule has 4 aromatic rings. The van der Waals surface area contributed by atoms with Crippen molar-refractivity contribution in [3.05, 3.63) is 119 Å². The maximum absolute atomic E-state index is 14.0. The summed E-state index contributed by atoms with van der Waals surface area (Å²) in [6.45, 7) is 5.15. The first kappa shape index (κ1) is 31.9. The number of ether oxygens (including phenoxy) is 2. The third kappa shape index (κ3) is 7.25. The van der Waals surface area contributed by atoms with E-state index in [4.69, 9.17) is 14.7 Å². The van der Waals surface area contributed by atoms with Gasteiger partial charge < -0.3 is 19.9 Å². The second-order valence-corrected chi connectivity index (χ2v) is 12.3. The van der Waals surface area contributed by atoms with Crippen molar-refractivity contribution < 1.29 is 33.4 Å². The number of hydrogen-bond acceptors (Lipinski definition) is 6. The van der Waals surface area contributed by atoms with Crippen LogP contribution in [-0.4, -0.2) is 46.4 Å². The molecule has 1 aliphatic heterocycles. The van der Waals surface area contributed by atoms with Crippen molar-refractivity contribution in [3.8, 4) is 28.7 Å². The van der Waals surface area contributed by atoms with Crippen LogP contribution in [0.1, 0.15) is 48.9 Å². The van der Waals surface area contributed by atoms with Gasteiger partial charge in [0.05, 0.1) is 17.6 Å². The minimum Gasteiger partial charge on any atom is -0.481 e. The van der Waals surface area contributed by atoms with Crippen LogP contribution in [0.25, 0.3) is 11.1 Å². The first-order valence-electron chi connectivity index (χ1n) is 15.0. The smallest absolute Gasteiger partial charge is 0.481 e. The molecule has 0 aromatic heterocycles. The first-order valence-corrected chi connectivity index (χ1v) is 15.0. The Morgan fingerprint density at radius 3 is 2.17 bits per heavy atom. The number of carbonyl (C=O) groups is 3. The minimum absolute atomic E-state index is 0.00413. The van der Waals surface area contributed by atoms with E-state index in [0.29, 0.717) is 29.0 Å². The molecular formula is C37H36N3O6+. The summed E-state index contributed by atoms with van der Waals surface area (Å²) < 4.78 is 11.1. The molecule has 0 bridgehead atoms. The Labute approximate surface area is 268 Å². The maximum Gasteiger partial charge on any atom is 0.526 e. The lowest BCUT2D eigenvalue weighted by Gasteiger charge is -2.37. The molecule has 0 spiro atoms. The molecular weight excluding hydrogens is 582 g/mol. The summed E-state index contributed by atoms with van der Waals surface area (Å²) in [6, 6.07) is 30.6. The zero-order chi connectivity index (χ0) is 32.9. The van der Waals surface area contributed by atoms with Crippen LogP contribution >= 0.6 is 0 Å². The maximum atomic E-state index is 14.0. The number of quaternary nitrogens is 1. The number of carboxylic acid groups (broad SMARTS) is 1. The molecule has 0 fully saturated rings. The van der Waals surface area contributed by atoms with Gasteiger partial charge in [0, 0.05) is 18.5 Å². The van der Waals surface area contributed by atoms with Crippen molar-refractivity contribution in [2.24, 2.45) is 0 Å². The third-order valence-corrected chi connectivity index (χ3v) is 7.91. The SMILES string of the molecule is CC(C)(C)OC(=O)[N+]1(C(=O)NCC(C(=O)O)c2ccc(-c3ccccc3)cc2)CCc2ccc(Oc3ccc(C#N)cc3)cc2C1. The summed E-state index contributed by atoms with van der Waals surface area (Å²) in [4.78, 5) is 40.1. The molecule has 0 aliphatic carbocycles. The largest absolute Gasteiger partial charge is 0.526 e. The highest BCUT2D eigenvalue weighted by molar-refractivity contribution is 5.82. The van der Waals surface area contributed by atoms with Gasteiger partial charge in [0.2, 0.25) is 0 Å². The van der Waals surface area contributed by atoms with E-state index in [9.17, 15) is 19.5 Å². The molecule has 2 unspecified atom stereocenters. The summed E-state index contributed by atoms with van der Waals surface area (Å²) in [5.41, 5.74) is 3.86. The Balaban J connectivity index is 1.38. The third-order valence-electron chi connectivity index (χ3n) is 7.91. The monoisotopic (exact) mass is 618 g/mol. The zero-order valence-corrected chi connectivity index (χ0v) is 26.0. The number of carbonyl (C=O) groups excluding carboxylic acids is 2. The molecule has 4 aromatic carbocycles. The van der Waals surface area contributed by atoms with E-state index in [2.05, 4.69) is 11.4 Å². The average molecular weight is 619 g/mol. The predicted molar refractivity (Wildman–Crippen MR) is 172 cm³/mol. The fraction of sp³-hybridized carbons (Fsp3) is 0.243. The Morgan fingerprint density at radius 2 is 1.54 bits per heavy atom. The number of fused-ring (bicyclic) bond motifs is 1. The number of urea groups is 1. The van der Waals surface area contributed by atoms with Crippen LogP contribution in [0.4, 0.5) is 9.59 Å². The van der Waals surface area contributed by atoms with Crippen LogP contribution in [0.5, 0.6) is 11.5 Å². The van der Waals surface area contributed by atoms with Crippen LogP contribution in [-0.2, 0) is 22.5 Å². The lowest BCUT2D eigenvalue weighted by molar-refractivity contribution is -0.795. The number of imide groups is 1. The summed E-state index contributed by atoms with van der Waals surface area (Å²) in [5.74, 6) is -1.07. The fourth-order valence-electron chi connectivity index (χ4n) is 5.46. The Hall–Kier alpha value is -5.46.